The van der Waals surface area contributed by atoms with Gasteiger partial charge in [0.25, 0.3) is 0 Å². The second-order valence-electron chi connectivity index (χ2n) is 11.3. The number of nitrogens with one attached hydrogen (secondary N) is 3. The number of urea groups is 1. The average molecular weight is 563 g/mol. The number of hydrogen-bond donors (Lipinski definition) is 3. The lowest BCUT2D eigenvalue weighted by Crippen LogP contribution is -2.46. The van der Waals surface area contributed by atoms with Crippen molar-refractivity contribution in [3.63, 3.8) is 0 Å². The molecule has 0 bridgehead atoms. The molecule has 4 atom stereocenters. The van der Waals surface area contributed by atoms with Gasteiger partial charge in [0.05, 0.1) is 23.8 Å². The standard InChI is InChI=1S/C29H37F3N4O4/c1-28(2,3)40-27(38)36(4)15-14-33-26(37)34-17-20-11-12-21-24(18-8-6-5-7-9-18)35-23-13-10-19(29(30,31)32)16-22(23)25(21)39-20/h5-10,13,16,20-21,24-25,35H,11-12,14-15,17H2,1-4H3,(H2,33,34,37)/t20-,21+,24+,25+/m1/s1. The highest BCUT2D eigenvalue weighted by atomic mass is 19.4. The minimum absolute atomic E-state index is 0.0770. The van der Waals surface area contributed by atoms with E-state index in [1.807, 2.05) is 30.3 Å². The van der Waals surface area contributed by atoms with E-state index in [0.29, 0.717) is 24.1 Å². The summed E-state index contributed by atoms with van der Waals surface area (Å²) in [7, 11) is 1.59. The van der Waals surface area contributed by atoms with E-state index in [-0.39, 0.29) is 37.7 Å². The number of carbonyl (C=O) groups excluding carboxylic acids is 2. The third-order valence-corrected chi connectivity index (χ3v) is 7.06. The lowest BCUT2D eigenvalue weighted by atomic mass is 9.76. The molecule has 1 fully saturated rings. The van der Waals surface area contributed by atoms with Crippen LogP contribution in [-0.4, -0.2) is 55.4 Å². The van der Waals surface area contributed by atoms with Crippen molar-refractivity contribution >= 4 is 17.8 Å². The highest BCUT2D eigenvalue weighted by molar-refractivity contribution is 5.74. The van der Waals surface area contributed by atoms with Crippen LogP contribution in [0.5, 0.6) is 0 Å². The number of benzene rings is 2. The number of carbonyl (C=O) groups is 2. The fourth-order valence-electron chi connectivity index (χ4n) is 5.11. The molecule has 0 unspecified atom stereocenters. The van der Waals surface area contributed by atoms with Gasteiger partial charge < -0.3 is 30.3 Å². The lowest BCUT2D eigenvalue weighted by Gasteiger charge is -2.46. The van der Waals surface area contributed by atoms with E-state index in [1.165, 1.54) is 17.0 Å². The fraction of sp³-hybridized carbons (Fsp3) is 0.517. The van der Waals surface area contributed by atoms with E-state index < -0.39 is 35.6 Å². The summed E-state index contributed by atoms with van der Waals surface area (Å²) in [5.41, 5.74) is 0.804. The molecule has 3 N–H and O–H groups in total. The number of likely N-dealkylation sites (N-methyl/N-ethyl adjacent to an activating group) is 1. The molecular formula is C29H37F3N4O4. The van der Waals surface area contributed by atoms with Gasteiger partial charge in [-0.1, -0.05) is 30.3 Å². The van der Waals surface area contributed by atoms with E-state index >= 15 is 0 Å². The maximum Gasteiger partial charge on any atom is 0.416 e. The Bertz CT molecular complexity index is 1190. The maximum absolute atomic E-state index is 13.5. The smallest absolute Gasteiger partial charge is 0.416 e. The number of ether oxygens (including phenoxy) is 2. The van der Waals surface area contributed by atoms with Crippen molar-refractivity contribution in [1.29, 1.82) is 0 Å². The van der Waals surface area contributed by atoms with E-state index in [0.717, 1.165) is 11.6 Å². The van der Waals surface area contributed by atoms with Crippen LogP contribution in [0.4, 0.5) is 28.4 Å². The molecular weight excluding hydrogens is 525 g/mol. The lowest BCUT2D eigenvalue weighted by molar-refractivity contribution is -0.138. The highest BCUT2D eigenvalue weighted by Gasteiger charge is 2.43. The van der Waals surface area contributed by atoms with Crippen molar-refractivity contribution in [2.45, 2.75) is 63.6 Å². The molecule has 0 aromatic heterocycles. The van der Waals surface area contributed by atoms with E-state index in [9.17, 15) is 22.8 Å². The molecule has 40 heavy (non-hydrogen) atoms. The molecule has 8 nitrogen and oxygen atoms in total. The van der Waals surface area contributed by atoms with E-state index in [4.69, 9.17) is 9.47 Å². The number of rotatable bonds is 6. The Kier molecular flexibility index (Phi) is 8.82. The van der Waals surface area contributed by atoms with Crippen LogP contribution in [0.2, 0.25) is 0 Å². The van der Waals surface area contributed by atoms with Crippen molar-refractivity contribution in [2.75, 3.05) is 32.0 Å². The van der Waals surface area contributed by atoms with Gasteiger partial charge in [0.2, 0.25) is 0 Å². The molecule has 1 saturated heterocycles. The largest absolute Gasteiger partial charge is 0.444 e. The molecule has 0 radical (unpaired) electrons. The molecule has 2 aliphatic rings. The number of alkyl halides is 3. The molecule has 3 amide bonds. The molecule has 0 spiro atoms. The second kappa shape index (κ2) is 12.0. The number of fused-ring (bicyclic) bond motifs is 3. The first kappa shape index (κ1) is 29.5. The van der Waals surface area contributed by atoms with Crippen LogP contribution in [0.15, 0.2) is 48.5 Å². The number of hydrogen-bond acceptors (Lipinski definition) is 5. The normalized spacial score (nSPS) is 22.3. The molecule has 2 aromatic rings. The summed E-state index contributed by atoms with van der Waals surface area (Å²) in [5.74, 6) is -0.0770. The zero-order valence-corrected chi connectivity index (χ0v) is 23.2. The first-order chi connectivity index (χ1) is 18.8. The van der Waals surface area contributed by atoms with Gasteiger partial charge in [-0.05, 0) is 57.4 Å². The Morgan fingerprint density at radius 1 is 1.07 bits per heavy atom. The van der Waals surface area contributed by atoms with Crippen molar-refractivity contribution in [1.82, 2.24) is 15.5 Å². The summed E-state index contributed by atoms with van der Waals surface area (Å²) in [6.07, 6.45) is -4.52. The highest BCUT2D eigenvalue weighted by Crippen LogP contribution is 2.51. The van der Waals surface area contributed by atoms with Gasteiger partial charge in [-0.15, -0.1) is 0 Å². The van der Waals surface area contributed by atoms with Gasteiger partial charge in [-0.3, -0.25) is 0 Å². The van der Waals surface area contributed by atoms with Gasteiger partial charge in [0.15, 0.2) is 0 Å². The monoisotopic (exact) mass is 562 g/mol. The van der Waals surface area contributed by atoms with Crippen LogP contribution in [0, 0.1) is 5.92 Å². The summed E-state index contributed by atoms with van der Waals surface area (Å²) >= 11 is 0. The average Bonchev–Trinajstić information content (AvgIpc) is 2.90. The minimum Gasteiger partial charge on any atom is -0.444 e. The summed E-state index contributed by atoms with van der Waals surface area (Å²) in [4.78, 5) is 25.8. The summed E-state index contributed by atoms with van der Waals surface area (Å²) in [6.45, 7) is 6.01. The molecule has 218 valence electrons. The van der Waals surface area contributed by atoms with Gasteiger partial charge in [0.1, 0.15) is 5.60 Å². The predicted molar refractivity (Wildman–Crippen MR) is 145 cm³/mol. The van der Waals surface area contributed by atoms with Crippen LogP contribution in [0.25, 0.3) is 0 Å². The minimum atomic E-state index is -4.47. The Labute approximate surface area is 232 Å². The molecule has 4 rings (SSSR count). The first-order valence-electron chi connectivity index (χ1n) is 13.5. The maximum atomic E-state index is 13.5. The van der Waals surface area contributed by atoms with Crippen LogP contribution >= 0.6 is 0 Å². The quantitative estimate of drug-likeness (QED) is 0.409. The topological polar surface area (TPSA) is 91.9 Å². The van der Waals surface area contributed by atoms with Crippen LogP contribution in [-0.2, 0) is 15.7 Å². The van der Waals surface area contributed by atoms with E-state index in [2.05, 4.69) is 16.0 Å². The third-order valence-electron chi connectivity index (χ3n) is 7.06. The van der Waals surface area contributed by atoms with Crippen molar-refractivity contribution < 1.29 is 32.2 Å². The molecule has 2 heterocycles. The predicted octanol–water partition coefficient (Wildman–Crippen LogP) is 5.87. The van der Waals surface area contributed by atoms with Crippen LogP contribution < -0.4 is 16.0 Å². The third kappa shape index (κ3) is 7.38. The number of amides is 3. The second-order valence-corrected chi connectivity index (χ2v) is 11.3. The van der Waals surface area contributed by atoms with Gasteiger partial charge in [0, 0.05) is 43.9 Å². The molecule has 0 saturated carbocycles. The molecule has 2 aromatic carbocycles. The number of anilines is 1. The SMILES string of the molecule is CN(CCNC(=O)NC[C@H]1CC[C@@H]2[C@H](O1)c1cc(C(F)(F)F)ccc1N[C@H]2c1ccccc1)C(=O)OC(C)(C)C. The Balaban J connectivity index is 1.38. The van der Waals surface area contributed by atoms with Gasteiger partial charge >= 0.3 is 18.3 Å². The Morgan fingerprint density at radius 2 is 1.80 bits per heavy atom. The van der Waals surface area contributed by atoms with Gasteiger partial charge in [-0.25, -0.2) is 9.59 Å². The van der Waals surface area contributed by atoms with Crippen LogP contribution in [0.1, 0.15) is 62.4 Å². The van der Waals surface area contributed by atoms with Crippen molar-refractivity contribution in [3.05, 3.63) is 65.2 Å². The number of nitrogens with zero attached hydrogens (tertiary/aromatic N) is 1. The van der Waals surface area contributed by atoms with E-state index in [1.54, 1.807) is 27.8 Å². The molecule has 0 aliphatic carbocycles. The Hall–Kier alpha value is -3.47. The van der Waals surface area contributed by atoms with Crippen molar-refractivity contribution in [3.8, 4) is 0 Å². The van der Waals surface area contributed by atoms with Crippen LogP contribution in [0.3, 0.4) is 0 Å². The Morgan fingerprint density at radius 3 is 2.48 bits per heavy atom. The summed E-state index contributed by atoms with van der Waals surface area (Å²) < 4.78 is 52.3. The molecule has 11 heteroatoms. The number of halogens is 3. The summed E-state index contributed by atoms with van der Waals surface area (Å²) in [5, 5.41) is 8.94. The zero-order chi connectivity index (χ0) is 29.1. The van der Waals surface area contributed by atoms with Crippen molar-refractivity contribution in [2.24, 2.45) is 5.92 Å². The molecule has 2 aliphatic heterocycles. The van der Waals surface area contributed by atoms with Gasteiger partial charge in [-0.2, -0.15) is 13.2 Å². The fourth-order valence-corrected chi connectivity index (χ4v) is 5.11. The summed E-state index contributed by atoms with van der Waals surface area (Å²) in [6, 6.07) is 13.0. The first-order valence-corrected chi connectivity index (χ1v) is 13.5. The zero-order valence-electron chi connectivity index (χ0n) is 23.2.